The molecule has 0 bridgehead atoms. The molecule has 0 aliphatic heterocycles. The summed E-state index contributed by atoms with van der Waals surface area (Å²) in [7, 11) is 0.105. The van der Waals surface area contributed by atoms with Gasteiger partial charge >= 0.3 is 0 Å². The summed E-state index contributed by atoms with van der Waals surface area (Å²) in [5.74, 6) is 0.452. The molecule has 0 saturated heterocycles. The smallest absolute Gasteiger partial charge is 0.155 e. The third-order valence-electron chi connectivity index (χ3n) is 6.21. The highest BCUT2D eigenvalue weighted by atomic mass is 32.2. The Labute approximate surface area is 215 Å². The van der Waals surface area contributed by atoms with Crippen molar-refractivity contribution in [3.63, 3.8) is 0 Å². The average Bonchev–Trinajstić information content (AvgIpc) is 2.90. The molecule has 0 radical (unpaired) electrons. The second kappa shape index (κ2) is 15.3. The third kappa shape index (κ3) is 9.94. The van der Waals surface area contributed by atoms with Gasteiger partial charge in [-0.15, -0.1) is 0 Å². The zero-order valence-corrected chi connectivity index (χ0v) is 22.5. The monoisotopic (exact) mass is 514 g/mol. The van der Waals surface area contributed by atoms with Crippen molar-refractivity contribution in [3.05, 3.63) is 89.0 Å². The SMILES string of the molecule is COS(=O)CCc1ccc(S(=O)NC(CNCCCCC2=CCC(C)=CC2)c2ccccc2)cc1. The number of hydrogen-bond donors (Lipinski definition) is 2. The van der Waals surface area contributed by atoms with Crippen LogP contribution in [0.5, 0.6) is 0 Å². The molecular weight excluding hydrogens is 476 g/mol. The molecule has 35 heavy (non-hydrogen) atoms. The van der Waals surface area contributed by atoms with Crippen LogP contribution in [0.1, 0.15) is 56.2 Å². The molecule has 190 valence electrons. The van der Waals surface area contributed by atoms with Crippen LogP contribution in [0.4, 0.5) is 0 Å². The zero-order valence-electron chi connectivity index (χ0n) is 20.8. The van der Waals surface area contributed by atoms with Crippen LogP contribution in [0.3, 0.4) is 0 Å². The van der Waals surface area contributed by atoms with Crippen molar-refractivity contribution in [3.8, 4) is 0 Å². The van der Waals surface area contributed by atoms with Crippen molar-refractivity contribution in [2.75, 3.05) is 26.0 Å². The Kier molecular flexibility index (Phi) is 12.1. The summed E-state index contributed by atoms with van der Waals surface area (Å²) < 4.78 is 32.7. The van der Waals surface area contributed by atoms with E-state index < -0.39 is 22.1 Å². The summed E-state index contributed by atoms with van der Waals surface area (Å²) in [5.41, 5.74) is 5.20. The van der Waals surface area contributed by atoms with Gasteiger partial charge in [-0.1, -0.05) is 65.8 Å². The van der Waals surface area contributed by atoms with Gasteiger partial charge in [0, 0.05) is 6.54 Å². The maximum Gasteiger partial charge on any atom is 0.155 e. The van der Waals surface area contributed by atoms with Gasteiger partial charge in [-0.3, -0.25) is 4.18 Å². The molecule has 2 aromatic rings. The molecule has 0 spiro atoms. The Morgan fingerprint density at radius 3 is 2.40 bits per heavy atom. The van der Waals surface area contributed by atoms with Crippen molar-refractivity contribution in [1.29, 1.82) is 0 Å². The molecule has 7 heteroatoms. The molecule has 1 aliphatic carbocycles. The first-order chi connectivity index (χ1) is 17.0. The van der Waals surface area contributed by atoms with Gasteiger partial charge in [0.2, 0.25) is 0 Å². The lowest BCUT2D eigenvalue weighted by atomic mass is 9.96. The predicted octanol–water partition coefficient (Wildman–Crippen LogP) is 5.32. The van der Waals surface area contributed by atoms with Crippen molar-refractivity contribution in [1.82, 2.24) is 10.0 Å². The van der Waals surface area contributed by atoms with E-state index >= 15 is 0 Å². The van der Waals surface area contributed by atoms with E-state index in [0.717, 1.165) is 41.8 Å². The second-order valence-corrected chi connectivity index (χ2v) is 11.5. The lowest BCUT2D eigenvalue weighted by Gasteiger charge is -2.20. The van der Waals surface area contributed by atoms with E-state index in [1.165, 1.54) is 25.5 Å². The first kappa shape index (κ1) is 27.7. The fourth-order valence-corrected chi connectivity index (χ4v) is 5.57. The van der Waals surface area contributed by atoms with Crippen molar-refractivity contribution < 1.29 is 12.6 Å². The number of aryl methyl sites for hydroxylation is 1. The van der Waals surface area contributed by atoms with Crippen LogP contribution in [0.2, 0.25) is 0 Å². The molecule has 1 aliphatic rings. The fraction of sp³-hybridized carbons (Fsp3) is 0.429. The maximum atomic E-state index is 13.1. The number of hydrogen-bond acceptors (Lipinski definition) is 4. The lowest BCUT2D eigenvalue weighted by molar-refractivity contribution is 0.445. The standard InChI is InChI=1S/C28H38N2O3S2/c1-23-11-13-24(14-12-23)8-6-7-20-29-22-28(26-9-4-3-5-10-26)30-35(32)27-17-15-25(16-18-27)19-21-34(31)33-2/h3-5,9-11,14-18,28-30H,6-8,12-13,19-22H2,1-2H3. The van der Waals surface area contributed by atoms with Crippen LogP contribution in [0.15, 0.2) is 82.8 Å². The van der Waals surface area contributed by atoms with Gasteiger partial charge in [0.25, 0.3) is 0 Å². The zero-order chi connectivity index (χ0) is 24.9. The van der Waals surface area contributed by atoms with Crippen LogP contribution in [-0.2, 0) is 32.7 Å². The maximum absolute atomic E-state index is 13.1. The Hall–Kier alpha value is -1.90. The van der Waals surface area contributed by atoms with Crippen molar-refractivity contribution >= 4 is 22.1 Å². The summed E-state index contributed by atoms with van der Waals surface area (Å²) >= 11 is -1.26. The Morgan fingerprint density at radius 2 is 1.71 bits per heavy atom. The topological polar surface area (TPSA) is 67.4 Å². The number of rotatable bonds is 15. The van der Waals surface area contributed by atoms with Crippen LogP contribution < -0.4 is 10.0 Å². The minimum Gasteiger partial charge on any atom is -0.315 e. The number of nitrogens with one attached hydrogen (secondary N) is 2. The largest absolute Gasteiger partial charge is 0.315 e. The molecular formula is C28H38N2O3S2. The minimum atomic E-state index is -1.34. The molecule has 5 nitrogen and oxygen atoms in total. The highest BCUT2D eigenvalue weighted by Crippen LogP contribution is 2.21. The van der Waals surface area contributed by atoms with Gasteiger partial charge < -0.3 is 5.32 Å². The van der Waals surface area contributed by atoms with Gasteiger partial charge in [-0.05, 0) is 75.3 Å². The molecule has 3 atom stereocenters. The Morgan fingerprint density at radius 1 is 0.943 bits per heavy atom. The summed E-state index contributed by atoms with van der Waals surface area (Å²) in [6, 6.07) is 17.7. The minimum absolute atomic E-state index is 0.0602. The van der Waals surface area contributed by atoms with E-state index in [-0.39, 0.29) is 6.04 Å². The van der Waals surface area contributed by atoms with E-state index in [1.807, 2.05) is 42.5 Å². The molecule has 0 saturated carbocycles. The molecule has 0 fully saturated rings. The first-order valence-corrected chi connectivity index (χ1v) is 14.7. The lowest BCUT2D eigenvalue weighted by Crippen LogP contribution is -2.33. The van der Waals surface area contributed by atoms with E-state index in [0.29, 0.717) is 18.7 Å². The second-order valence-electron chi connectivity index (χ2n) is 8.90. The Balaban J connectivity index is 1.47. The predicted molar refractivity (Wildman–Crippen MR) is 147 cm³/mol. The van der Waals surface area contributed by atoms with E-state index in [4.69, 9.17) is 4.18 Å². The van der Waals surface area contributed by atoms with Gasteiger partial charge in [0.15, 0.2) is 11.1 Å². The quantitative estimate of drug-likeness (QED) is 0.249. The number of unbranched alkanes of at least 4 members (excludes halogenated alkanes) is 1. The normalized spacial score (nSPS) is 16.3. The van der Waals surface area contributed by atoms with Gasteiger partial charge in [0.05, 0.1) is 23.8 Å². The van der Waals surface area contributed by atoms with Crippen LogP contribution in [0, 0.1) is 0 Å². The summed E-state index contributed by atoms with van der Waals surface area (Å²) in [4.78, 5) is 0.729. The molecule has 3 rings (SSSR count). The van der Waals surface area contributed by atoms with Crippen LogP contribution in [0.25, 0.3) is 0 Å². The number of benzene rings is 2. The summed E-state index contributed by atoms with van der Waals surface area (Å²) in [5, 5.41) is 3.56. The number of allylic oxidation sites excluding steroid dienone is 4. The molecule has 2 aromatic carbocycles. The van der Waals surface area contributed by atoms with E-state index in [9.17, 15) is 8.42 Å². The van der Waals surface area contributed by atoms with Crippen LogP contribution in [-0.4, -0.2) is 34.4 Å². The third-order valence-corrected chi connectivity index (χ3v) is 8.32. The van der Waals surface area contributed by atoms with Gasteiger partial charge in [-0.25, -0.2) is 13.1 Å². The van der Waals surface area contributed by atoms with Gasteiger partial charge in [-0.2, -0.15) is 0 Å². The summed E-state index contributed by atoms with van der Waals surface area (Å²) in [6.45, 7) is 3.85. The molecule has 0 amide bonds. The average molecular weight is 515 g/mol. The van der Waals surface area contributed by atoms with Crippen molar-refractivity contribution in [2.24, 2.45) is 0 Å². The van der Waals surface area contributed by atoms with E-state index in [2.05, 4.69) is 41.2 Å². The van der Waals surface area contributed by atoms with Crippen LogP contribution >= 0.6 is 0 Å². The highest BCUT2D eigenvalue weighted by molar-refractivity contribution is 7.83. The van der Waals surface area contributed by atoms with Gasteiger partial charge in [0.1, 0.15) is 11.0 Å². The van der Waals surface area contributed by atoms with Crippen molar-refractivity contribution in [2.45, 2.75) is 56.4 Å². The molecule has 0 aromatic heterocycles. The molecule has 0 heterocycles. The molecule has 3 unspecified atom stereocenters. The highest BCUT2D eigenvalue weighted by Gasteiger charge is 2.15. The van der Waals surface area contributed by atoms with E-state index in [1.54, 1.807) is 5.57 Å². The first-order valence-electron chi connectivity index (χ1n) is 12.3. The fourth-order valence-electron chi connectivity index (χ4n) is 4.00. The Bertz CT molecular complexity index is 1020. The molecule has 2 N–H and O–H groups in total. The summed E-state index contributed by atoms with van der Waals surface area (Å²) in [6.07, 6.45) is 11.1.